The Kier molecular flexibility index (Phi) is 3.48. The van der Waals surface area contributed by atoms with E-state index in [2.05, 4.69) is 4.72 Å². The van der Waals surface area contributed by atoms with Crippen molar-refractivity contribution in [1.82, 2.24) is 9.03 Å². The summed E-state index contributed by atoms with van der Waals surface area (Å²) in [6.45, 7) is 0.405. The average Bonchev–Trinajstić information content (AvgIpc) is 2.95. The lowest BCUT2D eigenvalue weighted by Crippen LogP contribution is -2.44. The van der Waals surface area contributed by atoms with Crippen LogP contribution in [0.15, 0.2) is 0 Å². The minimum atomic E-state index is -3.32. The molecule has 2 aliphatic carbocycles. The lowest BCUT2D eigenvalue weighted by molar-refractivity contribution is 0.404. The van der Waals surface area contributed by atoms with Crippen molar-refractivity contribution in [3.8, 4) is 0 Å². The zero-order valence-corrected chi connectivity index (χ0v) is 10.7. The fourth-order valence-electron chi connectivity index (χ4n) is 1.56. The molecule has 2 rings (SSSR count). The monoisotopic (exact) mass is 263 g/mol. The largest absolute Gasteiger partial charge is 0.393 e. The normalized spacial score (nSPS) is 21.3. The Balaban J connectivity index is 1.96. The molecule has 5 nitrogen and oxygen atoms in total. The molecule has 92 valence electrons. The number of nitrogens with one attached hydrogen (secondary N) is 1. The molecule has 0 aromatic carbocycles. The molecule has 0 unspecified atom stereocenters. The van der Waals surface area contributed by atoms with Crippen LogP contribution in [0.1, 0.15) is 32.1 Å². The zero-order valence-electron chi connectivity index (χ0n) is 9.05. The first kappa shape index (κ1) is 12.2. The molecule has 3 N–H and O–H groups in total. The van der Waals surface area contributed by atoms with Crippen molar-refractivity contribution in [3.05, 3.63) is 0 Å². The van der Waals surface area contributed by atoms with Crippen LogP contribution in [0.2, 0.25) is 0 Å². The van der Waals surface area contributed by atoms with Crippen molar-refractivity contribution in [2.45, 2.75) is 44.2 Å². The van der Waals surface area contributed by atoms with Gasteiger partial charge in [0.1, 0.15) is 0 Å². The number of nitrogens with zero attached hydrogens (tertiary/aromatic N) is 1. The molecule has 2 aliphatic rings. The van der Waals surface area contributed by atoms with Crippen LogP contribution >= 0.6 is 12.2 Å². The maximum Gasteiger partial charge on any atom is 0.279 e. The Morgan fingerprint density at radius 3 is 2.44 bits per heavy atom. The van der Waals surface area contributed by atoms with Gasteiger partial charge in [0.05, 0.1) is 4.99 Å². The Labute approximate surface area is 102 Å². The van der Waals surface area contributed by atoms with E-state index in [1.807, 2.05) is 0 Å². The number of thiocarbonyl (C=S) groups is 1. The van der Waals surface area contributed by atoms with Gasteiger partial charge in [-0.1, -0.05) is 12.2 Å². The van der Waals surface area contributed by atoms with Crippen molar-refractivity contribution in [3.63, 3.8) is 0 Å². The van der Waals surface area contributed by atoms with E-state index in [1.165, 1.54) is 4.31 Å². The van der Waals surface area contributed by atoms with Crippen molar-refractivity contribution in [2.24, 2.45) is 5.73 Å². The highest BCUT2D eigenvalue weighted by Gasteiger charge is 2.39. The van der Waals surface area contributed by atoms with Gasteiger partial charge in [0, 0.05) is 25.0 Å². The summed E-state index contributed by atoms with van der Waals surface area (Å²) >= 11 is 4.78. The summed E-state index contributed by atoms with van der Waals surface area (Å²) in [5.41, 5.74) is 5.41. The van der Waals surface area contributed by atoms with Crippen LogP contribution in [0.3, 0.4) is 0 Å². The van der Waals surface area contributed by atoms with Gasteiger partial charge < -0.3 is 5.73 Å². The van der Waals surface area contributed by atoms with E-state index in [0.717, 1.165) is 25.7 Å². The average molecular weight is 263 g/mol. The fraction of sp³-hybridized carbons (Fsp3) is 0.889. The van der Waals surface area contributed by atoms with Gasteiger partial charge in [0.25, 0.3) is 10.2 Å². The number of hydrogen-bond donors (Lipinski definition) is 2. The molecule has 0 saturated heterocycles. The maximum atomic E-state index is 12.0. The van der Waals surface area contributed by atoms with Gasteiger partial charge in [-0.3, -0.25) is 0 Å². The summed E-state index contributed by atoms with van der Waals surface area (Å²) in [5, 5.41) is 0. The quantitative estimate of drug-likeness (QED) is 0.640. The molecular formula is C9H17N3O2S2. The standard InChI is InChI=1S/C9H17N3O2S2/c10-9(15)5-6-12(8-3-4-8)16(13,14)11-7-1-2-7/h7-8,11H,1-6H2,(H2,10,15). The van der Waals surface area contributed by atoms with Crippen molar-refractivity contribution < 1.29 is 8.42 Å². The van der Waals surface area contributed by atoms with E-state index >= 15 is 0 Å². The van der Waals surface area contributed by atoms with E-state index in [1.54, 1.807) is 0 Å². The Morgan fingerprint density at radius 1 is 1.38 bits per heavy atom. The van der Waals surface area contributed by atoms with Gasteiger partial charge in [-0.05, 0) is 25.7 Å². The highest BCUT2D eigenvalue weighted by Crippen LogP contribution is 2.30. The number of hydrogen-bond acceptors (Lipinski definition) is 3. The second-order valence-corrected chi connectivity index (χ2v) is 6.63. The van der Waals surface area contributed by atoms with Crippen molar-refractivity contribution in [1.29, 1.82) is 0 Å². The third-order valence-electron chi connectivity index (χ3n) is 2.73. The lowest BCUT2D eigenvalue weighted by Gasteiger charge is -2.21. The fourth-order valence-corrected chi connectivity index (χ4v) is 3.38. The molecule has 0 bridgehead atoms. The maximum absolute atomic E-state index is 12.0. The van der Waals surface area contributed by atoms with Gasteiger partial charge in [0.2, 0.25) is 0 Å². The molecule has 0 heterocycles. The van der Waals surface area contributed by atoms with Crippen LogP contribution in [-0.2, 0) is 10.2 Å². The molecule has 0 aliphatic heterocycles. The Bertz CT molecular complexity index is 374. The lowest BCUT2D eigenvalue weighted by atomic mass is 10.4. The Morgan fingerprint density at radius 2 is 2.00 bits per heavy atom. The highest BCUT2D eigenvalue weighted by molar-refractivity contribution is 7.87. The molecule has 0 aromatic rings. The van der Waals surface area contributed by atoms with Crippen molar-refractivity contribution >= 4 is 27.4 Å². The van der Waals surface area contributed by atoms with Crippen LogP contribution < -0.4 is 10.5 Å². The second-order valence-electron chi connectivity index (χ2n) is 4.46. The van der Waals surface area contributed by atoms with Crippen molar-refractivity contribution in [2.75, 3.05) is 6.54 Å². The zero-order chi connectivity index (χ0) is 11.8. The van der Waals surface area contributed by atoms with E-state index in [9.17, 15) is 8.42 Å². The van der Waals surface area contributed by atoms with Gasteiger partial charge >= 0.3 is 0 Å². The molecule has 0 radical (unpaired) electrons. The van der Waals surface area contributed by atoms with Gasteiger partial charge in [-0.15, -0.1) is 0 Å². The molecule has 0 atom stereocenters. The van der Waals surface area contributed by atoms with Crippen LogP contribution in [-0.4, -0.2) is 36.3 Å². The SMILES string of the molecule is NC(=S)CCN(C1CC1)S(=O)(=O)NC1CC1. The predicted molar refractivity (Wildman–Crippen MR) is 66.2 cm³/mol. The first-order chi connectivity index (χ1) is 7.49. The number of nitrogens with two attached hydrogens (primary N) is 1. The van der Waals surface area contributed by atoms with E-state index in [-0.39, 0.29) is 12.1 Å². The topological polar surface area (TPSA) is 75.4 Å². The minimum absolute atomic E-state index is 0.149. The third kappa shape index (κ3) is 3.38. The van der Waals surface area contributed by atoms with Crippen LogP contribution in [0.5, 0.6) is 0 Å². The highest BCUT2D eigenvalue weighted by atomic mass is 32.2. The van der Waals surface area contributed by atoms with Gasteiger partial charge in [0.15, 0.2) is 0 Å². The summed E-state index contributed by atoms with van der Waals surface area (Å²) in [4.78, 5) is 0.368. The Hall–Kier alpha value is -0.240. The summed E-state index contributed by atoms with van der Waals surface area (Å²) < 4.78 is 28.2. The van der Waals surface area contributed by atoms with E-state index < -0.39 is 10.2 Å². The molecule has 7 heteroatoms. The first-order valence-corrected chi connectivity index (χ1v) is 7.41. The molecule has 2 fully saturated rings. The molecule has 0 aromatic heterocycles. The summed E-state index contributed by atoms with van der Waals surface area (Å²) in [7, 11) is -3.32. The molecular weight excluding hydrogens is 246 g/mol. The smallest absolute Gasteiger partial charge is 0.279 e. The summed E-state index contributed by atoms with van der Waals surface area (Å²) in [6, 6.07) is 0.307. The summed E-state index contributed by atoms with van der Waals surface area (Å²) in [6.07, 6.45) is 4.25. The molecule has 16 heavy (non-hydrogen) atoms. The molecule has 2 saturated carbocycles. The predicted octanol–water partition coefficient (Wildman–Crippen LogP) is 0.124. The second kappa shape index (κ2) is 4.56. The summed E-state index contributed by atoms with van der Waals surface area (Å²) in [5.74, 6) is 0. The van der Waals surface area contributed by atoms with Gasteiger partial charge in [-0.25, -0.2) is 0 Å². The van der Waals surface area contributed by atoms with Crippen LogP contribution in [0, 0.1) is 0 Å². The van der Waals surface area contributed by atoms with Crippen LogP contribution in [0.4, 0.5) is 0 Å². The van der Waals surface area contributed by atoms with E-state index in [4.69, 9.17) is 18.0 Å². The molecule has 0 spiro atoms. The van der Waals surface area contributed by atoms with E-state index in [0.29, 0.717) is 18.0 Å². The molecule has 0 amide bonds. The minimum Gasteiger partial charge on any atom is -0.393 e. The first-order valence-electron chi connectivity index (χ1n) is 5.56. The van der Waals surface area contributed by atoms with Crippen LogP contribution in [0.25, 0.3) is 0 Å². The third-order valence-corrected chi connectivity index (χ3v) is 4.67. The number of rotatable bonds is 7. The van der Waals surface area contributed by atoms with Gasteiger partial charge in [-0.2, -0.15) is 17.4 Å².